The fourth-order valence-corrected chi connectivity index (χ4v) is 2.50. The molecule has 1 saturated heterocycles. The van der Waals surface area contributed by atoms with Crippen LogP contribution in [0.5, 0.6) is 0 Å². The largest absolute Gasteiger partial charge is 0.455 e. The molecule has 1 aliphatic rings. The number of rotatable bonds is 5. The first kappa shape index (κ1) is 16.0. The number of amides is 2. The number of likely N-dealkylation sites (tertiary alicyclic amines) is 1. The lowest BCUT2D eigenvalue weighted by Crippen LogP contribution is -2.31. The van der Waals surface area contributed by atoms with Crippen LogP contribution in [0.1, 0.15) is 24.9 Å². The highest BCUT2D eigenvalue weighted by Crippen LogP contribution is 2.28. The van der Waals surface area contributed by atoms with Gasteiger partial charge in [-0.3, -0.25) is 14.4 Å². The Morgan fingerprint density at radius 1 is 1.36 bits per heavy atom. The second kappa shape index (κ2) is 7.06. The van der Waals surface area contributed by atoms with Crippen molar-refractivity contribution in [3.8, 4) is 0 Å². The minimum absolute atomic E-state index is 0.0711. The molecule has 22 heavy (non-hydrogen) atoms. The Kier molecular flexibility index (Phi) is 5.14. The van der Waals surface area contributed by atoms with Crippen LogP contribution in [0.2, 0.25) is 0 Å². The van der Waals surface area contributed by atoms with Gasteiger partial charge in [-0.25, -0.2) is 0 Å². The smallest absolute Gasteiger partial charge is 0.311 e. The van der Waals surface area contributed by atoms with E-state index in [-0.39, 0.29) is 30.9 Å². The Bertz CT molecular complexity index is 559. The van der Waals surface area contributed by atoms with E-state index < -0.39 is 11.9 Å². The summed E-state index contributed by atoms with van der Waals surface area (Å²) in [5.41, 5.74) is 1.02. The van der Waals surface area contributed by atoms with E-state index in [0.29, 0.717) is 6.54 Å². The van der Waals surface area contributed by atoms with E-state index in [1.165, 1.54) is 7.05 Å². The fraction of sp³-hybridized carbons (Fsp3) is 0.438. The molecule has 2 amide bonds. The summed E-state index contributed by atoms with van der Waals surface area (Å²) in [5, 5.41) is 2.37. The number of nitrogens with zero attached hydrogens (tertiary/aromatic N) is 1. The van der Waals surface area contributed by atoms with Crippen molar-refractivity contribution >= 4 is 17.8 Å². The SMILES string of the molecule is CNC(=O)COC(=O)[C@H]1CC(=O)N([C@@H](C)c2ccccc2)C1. The van der Waals surface area contributed by atoms with Gasteiger partial charge in [0.25, 0.3) is 5.91 Å². The summed E-state index contributed by atoms with van der Waals surface area (Å²) < 4.78 is 4.93. The zero-order valence-corrected chi connectivity index (χ0v) is 12.7. The molecule has 0 bridgehead atoms. The Balaban J connectivity index is 1.96. The summed E-state index contributed by atoms with van der Waals surface area (Å²) in [4.78, 5) is 36.8. The molecule has 6 heteroatoms. The Hall–Kier alpha value is -2.37. The Morgan fingerprint density at radius 3 is 2.68 bits per heavy atom. The first-order valence-electron chi connectivity index (χ1n) is 7.24. The number of carbonyl (C=O) groups is 3. The van der Waals surface area contributed by atoms with Gasteiger partial charge in [0.2, 0.25) is 5.91 Å². The van der Waals surface area contributed by atoms with Gasteiger partial charge in [-0.2, -0.15) is 0 Å². The summed E-state index contributed by atoms with van der Waals surface area (Å²) in [6, 6.07) is 9.57. The zero-order chi connectivity index (χ0) is 16.1. The van der Waals surface area contributed by atoms with Crippen molar-refractivity contribution < 1.29 is 19.1 Å². The molecule has 1 fully saturated rings. The number of ether oxygens (including phenoxy) is 1. The molecule has 0 saturated carbocycles. The average Bonchev–Trinajstić information content (AvgIpc) is 2.94. The maximum Gasteiger partial charge on any atom is 0.311 e. The lowest BCUT2D eigenvalue weighted by Gasteiger charge is -2.25. The molecule has 0 unspecified atom stereocenters. The molecule has 1 aliphatic heterocycles. The summed E-state index contributed by atoms with van der Waals surface area (Å²) in [6.07, 6.45) is 0.129. The fourth-order valence-electron chi connectivity index (χ4n) is 2.50. The molecule has 0 radical (unpaired) electrons. The minimum atomic E-state index is -0.511. The predicted octanol–water partition coefficient (Wildman–Crippen LogP) is 0.885. The van der Waals surface area contributed by atoms with E-state index in [2.05, 4.69) is 5.32 Å². The topological polar surface area (TPSA) is 75.7 Å². The van der Waals surface area contributed by atoms with Crippen LogP contribution in [0, 0.1) is 5.92 Å². The lowest BCUT2D eigenvalue weighted by atomic mass is 10.1. The van der Waals surface area contributed by atoms with Gasteiger partial charge in [0, 0.05) is 20.0 Å². The highest BCUT2D eigenvalue weighted by molar-refractivity contribution is 5.88. The molecule has 6 nitrogen and oxygen atoms in total. The summed E-state index contributed by atoms with van der Waals surface area (Å²) >= 11 is 0. The third-order valence-electron chi connectivity index (χ3n) is 3.87. The number of nitrogens with one attached hydrogen (secondary N) is 1. The van der Waals surface area contributed by atoms with E-state index in [1.54, 1.807) is 4.90 Å². The van der Waals surface area contributed by atoms with Gasteiger partial charge < -0.3 is 15.0 Å². The molecule has 1 aromatic rings. The molecule has 118 valence electrons. The number of benzene rings is 1. The van der Waals surface area contributed by atoms with E-state index in [9.17, 15) is 14.4 Å². The van der Waals surface area contributed by atoms with Gasteiger partial charge in [-0.15, -0.1) is 0 Å². The predicted molar refractivity (Wildman–Crippen MR) is 79.7 cm³/mol. The number of carbonyl (C=O) groups excluding carboxylic acids is 3. The molecule has 1 heterocycles. The van der Waals surface area contributed by atoms with E-state index in [1.807, 2.05) is 37.3 Å². The first-order chi connectivity index (χ1) is 10.5. The van der Waals surface area contributed by atoms with Gasteiger partial charge in [0.15, 0.2) is 6.61 Å². The van der Waals surface area contributed by atoms with Crippen molar-refractivity contribution in [2.75, 3.05) is 20.2 Å². The van der Waals surface area contributed by atoms with Crippen LogP contribution in [0.4, 0.5) is 0 Å². The van der Waals surface area contributed by atoms with Gasteiger partial charge in [0.1, 0.15) is 0 Å². The molecule has 0 aromatic heterocycles. The third kappa shape index (κ3) is 3.63. The Morgan fingerprint density at radius 2 is 2.05 bits per heavy atom. The summed E-state index contributed by atoms with van der Waals surface area (Å²) in [5.74, 6) is -1.45. The molecular weight excluding hydrogens is 284 g/mol. The summed E-state index contributed by atoms with van der Waals surface area (Å²) in [6.45, 7) is 1.95. The van der Waals surface area contributed by atoms with Crippen molar-refractivity contribution in [1.82, 2.24) is 10.2 Å². The standard InChI is InChI=1S/C16H20N2O4/c1-11(12-6-4-3-5-7-12)18-9-13(8-15(18)20)16(21)22-10-14(19)17-2/h3-7,11,13H,8-10H2,1-2H3,(H,17,19)/t11-,13-/m0/s1. The Labute approximate surface area is 129 Å². The maximum atomic E-state index is 12.1. The van der Waals surface area contributed by atoms with E-state index in [4.69, 9.17) is 4.74 Å². The van der Waals surface area contributed by atoms with Crippen molar-refractivity contribution in [1.29, 1.82) is 0 Å². The number of likely N-dealkylation sites (N-methyl/N-ethyl adjacent to an activating group) is 1. The van der Waals surface area contributed by atoms with Crippen LogP contribution in [-0.4, -0.2) is 42.9 Å². The van der Waals surface area contributed by atoms with Crippen LogP contribution in [0.15, 0.2) is 30.3 Å². The maximum absolute atomic E-state index is 12.1. The molecule has 2 rings (SSSR count). The number of esters is 1. The van der Waals surface area contributed by atoms with Crippen LogP contribution in [0.3, 0.4) is 0 Å². The number of hydrogen-bond acceptors (Lipinski definition) is 4. The van der Waals surface area contributed by atoms with E-state index in [0.717, 1.165) is 5.56 Å². The van der Waals surface area contributed by atoms with Crippen LogP contribution in [-0.2, 0) is 19.1 Å². The van der Waals surface area contributed by atoms with Gasteiger partial charge in [-0.1, -0.05) is 30.3 Å². The molecule has 1 aromatic carbocycles. The minimum Gasteiger partial charge on any atom is -0.455 e. The van der Waals surface area contributed by atoms with Crippen molar-refractivity contribution in [3.05, 3.63) is 35.9 Å². The van der Waals surface area contributed by atoms with Gasteiger partial charge in [-0.05, 0) is 12.5 Å². The summed E-state index contributed by atoms with van der Waals surface area (Å²) in [7, 11) is 1.47. The van der Waals surface area contributed by atoms with Crippen molar-refractivity contribution in [3.63, 3.8) is 0 Å². The zero-order valence-electron chi connectivity index (χ0n) is 12.7. The highest BCUT2D eigenvalue weighted by atomic mass is 16.5. The first-order valence-corrected chi connectivity index (χ1v) is 7.24. The normalized spacial score (nSPS) is 18.9. The number of hydrogen-bond donors (Lipinski definition) is 1. The molecule has 2 atom stereocenters. The molecule has 0 aliphatic carbocycles. The van der Waals surface area contributed by atoms with Crippen LogP contribution < -0.4 is 5.32 Å². The van der Waals surface area contributed by atoms with Crippen molar-refractivity contribution in [2.24, 2.45) is 5.92 Å². The van der Waals surface area contributed by atoms with Gasteiger partial charge >= 0.3 is 5.97 Å². The monoisotopic (exact) mass is 304 g/mol. The second-order valence-electron chi connectivity index (χ2n) is 5.31. The van der Waals surface area contributed by atoms with E-state index >= 15 is 0 Å². The lowest BCUT2D eigenvalue weighted by molar-refractivity contribution is -0.152. The van der Waals surface area contributed by atoms with Crippen molar-refractivity contribution in [2.45, 2.75) is 19.4 Å². The highest BCUT2D eigenvalue weighted by Gasteiger charge is 2.38. The molecule has 0 spiro atoms. The quantitative estimate of drug-likeness (QED) is 0.820. The van der Waals surface area contributed by atoms with Crippen LogP contribution in [0.25, 0.3) is 0 Å². The molecular formula is C16H20N2O4. The van der Waals surface area contributed by atoms with Crippen LogP contribution >= 0.6 is 0 Å². The molecule has 1 N–H and O–H groups in total. The second-order valence-corrected chi connectivity index (χ2v) is 5.31. The van der Waals surface area contributed by atoms with Gasteiger partial charge in [0.05, 0.1) is 12.0 Å². The average molecular weight is 304 g/mol. The third-order valence-corrected chi connectivity index (χ3v) is 3.87.